The molecule has 0 aliphatic carbocycles. The number of hydrogen-bond donors (Lipinski definition) is 1. The second-order valence-corrected chi connectivity index (χ2v) is 13.1. The number of rotatable bonds is 6. The molecule has 0 saturated carbocycles. The molecule has 0 aliphatic heterocycles. The second kappa shape index (κ2) is 11.9. The Morgan fingerprint density at radius 3 is 0.961 bits per heavy atom. The van der Waals surface area contributed by atoms with E-state index in [1.807, 2.05) is 0 Å². The number of fused-ring (bicyclic) bond motifs is 6. The Balaban J connectivity index is 0.902. The van der Waals surface area contributed by atoms with Crippen molar-refractivity contribution in [1.29, 1.82) is 0 Å². The van der Waals surface area contributed by atoms with Crippen LogP contribution in [0.25, 0.3) is 77.2 Å². The van der Waals surface area contributed by atoms with Crippen LogP contribution in [0.2, 0.25) is 0 Å². The molecule has 3 heteroatoms. The smallest absolute Gasteiger partial charge is 0.0541 e. The molecule has 0 spiro atoms. The van der Waals surface area contributed by atoms with Crippen molar-refractivity contribution >= 4 is 55.0 Å². The van der Waals surface area contributed by atoms with E-state index in [1.54, 1.807) is 0 Å². The SMILES string of the molecule is c1cc(-c2ccc(Nc3ccc(-c4cccc(-n5c6ccccc6c6ccccc65)c4)cc3)cc2)cc(-n2c3ccccc3c3ccccc32)c1. The van der Waals surface area contributed by atoms with Crippen LogP contribution in [0.15, 0.2) is 194 Å². The first-order valence-corrected chi connectivity index (χ1v) is 17.4. The Morgan fingerprint density at radius 1 is 0.275 bits per heavy atom. The third-order valence-electron chi connectivity index (χ3n) is 10.1. The third-order valence-corrected chi connectivity index (χ3v) is 10.1. The molecule has 0 bridgehead atoms. The lowest BCUT2D eigenvalue weighted by molar-refractivity contribution is 1.18. The van der Waals surface area contributed by atoms with Crippen molar-refractivity contribution in [3.63, 3.8) is 0 Å². The molecule has 8 aromatic carbocycles. The topological polar surface area (TPSA) is 21.9 Å². The number of anilines is 2. The average Bonchev–Trinajstić information content (AvgIpc) is 3.72. The predicted octanol–water partition coefficient (Wildman–Crippen LogP) is 13.0. The van der Waals surface area contributed by atoms with Crippen molar-refractivity contribution in [3.05, 3.63) is 194 Å². The molecular formula is C48H33N3. The van der Waals surface area contributed by atoms with Gasteiger partial charge in [-0.05, 0) is 95.1 Å². The Hall–Kier alpha value is -6.84. The molecule has 3 nitrogen and oxygen atoms in total. The molecule has 51 heavy (non-hydrogen) atoms. The van der Waals surface area contributed by atoms with Gasteiger partial charge in [-0.25, -0.2) is 0 Å². The van der Waals surface area contributed by atoms with Gasteiger partial charge in [0, 0.05) is 44.3 Å². The number of nitrogens with zero attached hydrogens (tertiary/aromatic N) is 2. The fourth-order valence-corrected chi connectivity index (χ4v) is 7.71. The minimum Gasteiger partial charge on any atom is -0.356 e. The highest BCUT2D eigenvalue weighted by atomic mass is 15.0. The minimum atomic E-state index is 1.05. The second-order valence-electron chi connectivity index (χ2n) is 13.1. The molecule has 0 fully saturated rings. The molecule has 0 saturated heterocycles. The number of nitrogens with one attached hydrogen (secondary N) is 1. The van der Waals surface area contributed by atoms with Crippen LogP contribution in [-0.2, 0) is 0 Å². The summed E-state index contributed by atoms with van der Waals surface area (Å²) in [7, 11) is 0. The number of para-hydroxylation sites is 4. The molecule has 2 aromatic heterocycles. The van der Waals surface area contributed by atoms with Crippen molar-refractivity contribution in [3.8, 4) is 33.6 Å². The molecule has 0 atom stereocenters. The summed E-state index contributed by atoms with van der Waals surface area (Å²) >= 11 is 0. The van der Waals surface area contributed by atoms with Crippen molar-refractivity contribution < 1.29 is 0 Å². The molecule has 0 radical (unpaired) electrons. The van der Waals surface area contributed by atoms with Gasteiger partial charge in [-0.2, -0.15) is 0 Å². The van der Waals surface area contributed by atoms with E-state index in [2.05, 4.69) is 209 Å². The van der Waals surface area contributed by atoms with E-state index in [0.717, 1.165) is 22.7 Å². The number of aromatic nitrogens is 2. The van der Waals surface area contributed by atoms with E-state index in [0.29, 0.717) is 0 Å². The molecule has 2 heterocycles. The van der Waals surface area contributed by atoms with Crippen LogP contribution < -0.4 is 5.32 Å². The van der Waals surface area contributed by atoms with Gasteiger partial charge in [0.1, 0.15) is 0 Å². The first-order valence-electron chi connectivity index (χ1n) is 17.4. The summed E-state index contributed by atoms with van der Waals surface area (Å²) in [6.45, 7) is 0. The molecule has 0 aliphatic rings. The minimum absolute atomic E-state index is 1.05. The standard InChI is InChI=1S/C48H33N3/c1-5-19-45-41(15-1)42-16-2-6-20-46(42)50(45)39-13-9-11-35(31-39)33-23-27-37(28-24-33)49-38-29-25-34(26-30-38)36-12-10-14-40(32-36)51-47-21-7-3-17-43(47)44-18-4-8-22-48(44)51/h1-32,49H. The Morgan fingerprint density at radius 2 is 0.608 bits per heavy atom. The molecule has 10 aromatic rings. The van der Waals surface area contributed by atoms with Crippen LogP contribution in [-0.4, -0.2) is 9.13 Å². The van der Waals surface area contributed by atoms with Crippen molar-refractivity contribution in [2.45, 2.75) is 0 Å². The van der Waals surface area contributed by atoms with Crippen LogP contribution in [0.5, 0.6) is 0 Å². The monoisotopic (exact) mass is 651 g/mol. The third kappa shape index (κ3) is 4.98. The van der Waals surface area contributed by atoms with Crippen LogP contribution in [0, 0.1) is 0 Å². The maximum absolute atomic E-state index is 3.60. The fourth-order valence-electron chi connectivity index (χ4n) is 7.71. The van der Waals surface area contributed by atoms with Gasteiger partial charge >= 0.3 is 0 Å². The summed E-state index contributed by atoms with van der Waals surface area (Å²) in [5.41, 5.74) is 14.0. The lowest BCUT2D eigenvalue weighted by Gasteiger charge is -2.12. The van der Waals surface area contributed by atoms with Gasteiger partial charge in [0.05, 0.1) is 22.1 Å². The van der Waals surface area contributed by atoms with Gasteiger partial charge in [0.15, 0.2) is 0 Å². The van der Waals surface area contributed by atoms with Gasteiger partial charge in [-0.15, -0.1) is 0 Å². The summed E-state index contributed by atoms with van der Waals surface area (Å²) in [5.74, 6) is 0. The lowest BCUT2D eigenvalue weighted by Crippen LogP contribution is -1.94. The van der Waals surface area contributed by atoms with E-state index in [4.69, 9.17) is 0 Å². The van der Waals surface area contributed by atoms with Crippen LogP contribution in [0.1, 0.15) is 0 Å². The summed E-state index contributed by atoms with van der Waals surface area (Å²) in [4.78, 5) is 0. The van der Waals surface area contributed by atoms with Gasteiger partial charge in [-0.1, -0.05) is 121 Å². The average molecular weight is 652 g/mol. The number of hydrogen-bond acceptors (Lipinski definition) is 1. The Bertz CT molecular complexity index is 2570. The summed E-state index contributed by atoms with van der Waals surface area (Å²) in [6, 6.07) is 69.7. The summed E-state index contributed by atoms with van der Waals surface area (Å²) in [5, 5.41) is 8.69. The highest BCUT2D eigenvalue weighted by molar-refractivity contribution is 6.10. The first-order chi connectivity index (χ1) is 25.3. The summed E-state index contributed by atoms with van der Waals surface area (Å²) < 4.78 is 4.74. The first kappa shape index (κ1) is 29.1. The quantitative estimate of drug-likeness (QED) is 0.190. The normalized spacial score (nSPS) is 11.5. The molecule has 240 valence electrons. The lowest BCUT2D eigenvalue weighted by atomic mass is 10.0. The van der Waals surface area contributed by atoms with Gasteiger partial charge < -0.3 is 14.5 Å². The zero-order valence-electron chi connectivity index (χ0n) is 27.9. The molecular weight excluding hydrogens is 619 g/mol. The van der Waals surface area contributed by atoms with Crippen LogP contribution in [0.3, 0.4) is 0 Å². The fraction of sp³-hybridized carbons (Fsp3) is 0. The van der Waals surface area contributed by atoms with Gasteiger partial charge in [0.2, 0.25) is 0 Å². The molecule has 0 unspecified atom stereocenters. The van der Waals surface area contributed by atoms with Crippen LogP contribution in [0.4, 0.5) is 11.4 Å². The van der Waals surface area contributed by atoms with E-state index in [1.165, 1.54) is 65.9 Å². The molecule has 0 amide bonds. The van der Waals surface area contributed by atoms with Crippen LogP contribution >= 0.6 is 0 Å². The Kier molecular flexibility index (Phi) is 6.81. The number of benzene rings is 8. The zero-order valence-corrected chi connectivity index (χ0v) is 27.9. The highest BCUT2D eigenvalue weighted by Crippen LogP contribution is 2.35. The van der Waals surface area contributed by atoms with Gasteiger partial charge in [-0.3, -0.25) is 0 Å². The van der Waals surface area contributed by atoms with E-state index < -0.39 is 0 Å². The van der Waals surface area contributed by atoms with E-state index in [9.17, 15) is 0 Å². The van der Waals surface area contributed by atoms with Gasteiger partial charge in [0.25, 0.3) is 0 Å². The van der Waals surface area contributed by atoms with Crippen molar-refractivity contribution in [2.24, 2.45) is 0 Å². The highest BCUT2D eigenvalue weighted by Gasteiger charge is 2.14. The van der Waals surface area contributed by atoms with Crippen molar-refractivity contribution in [1.82, 2.24) is 9.13 Å². The molecule has 10 rings (SSSR count). The maximum Gasteiger partial charge on any atom is 0.0541 e. The van der Waals surface area contributed by atoms with E-state index >= 15 is 0 Å². The predicted molar refractivity (Wildman–Crippen MR) is 216 cm³/mol. The van der Waals surface area contributed by atoms with E-state index in [-0.39, 0.29) is 0 Å². The Labute approximate surface area is 296 Å². The van der Waals surface area contributed by atoms with Crippen molar-refractivity contribution in [2.75, 3.05) is 5.32 Å². The zero-order chi connectivity index (χ0) is 33.7. The largest absolute Gasteiger partial charge is 0.356 e. The maximum atomic E-state index is 3.60. The molecule has 1 N–H and O–H groups in total. The summed E-state index contributed by atoms with van der Waals surface area (Å²) in [6.07, 6.45) is 0.